The number of rotatable bonds is 2. The molecule has 0 saturated carbocycles. The minimum Gasteiger partial charge on any atom is -0.362 e. The monoisotopic (exact) mass is 305 g/mol. The van der Waals surface area contributed by atoms with Gasteiger partial charge in [0, 0.05) is 16.9 Å². The minimum atomic E-state index is -0.182. The first-order valence-electron chi connectivity index (χ1n) is 3.96. The first-order chi connectivity index (χ1) is 6.72. The van der Waals surface area contributed by atoms with Crippen LogP contribution in [-0.4, -0.2) is 21.3 Å². The van der Waals surface area contributed by atoms with Crippen LogP contribution in [0.3, 0.4) is 0 Å². The highest BCUT2D eigenvalue weighted by Gasteiger charge is 2.05. The van der Waals surface area contributed by atoms with Gasteiger partial charge in [-0.25, -0.2) is 4.79 Å². The van der Waals surface area contributed by atoms with Gasteiger partial charge in [-0.2, -0.15) is 4.68 Å². The highest BCUT2D eigenvalue weighted by molar-refractivity contribution is 14.1. The van der Waals surface area contributed by atoms with Crippen molar-refractivity contribution < 1.29 is 4.74 Å². The van der Waals surface area contributed by atoms with Crippen LogP contribution in [0.4, 0.5) is 0 Å². The molecular formula is C8H8IN3O2. The van der Waals surface area contributed by atoms with Crippen molar-refractivity contribution in [3.05, 3.63) is 32.4 Å². The van der Waals surface area contributed by atoms with Crippen molar-refractivity contribution in [1.82, 2.24) is 14.2 Å². The fraction of sp³-hybridized carbons (Fsp3) is 0.250. The summed E-state index contributed by atoms with van der Waals surface area (Å²) >= 11 is 2.17. The second-order valence-corrected chi connectivity index (χ2v) is 4.02. The maximum absolute atomic E-state index is 11.6. The average molecular weight is 305 g/mol. The van der Waals surface area contributed by atoms with Gasteiger partial charge in [-0.3, -0.25) is 4.40 Å². The standard InChI is InChI=1S/C8H8IN3O2/c1-14-5-12-8(13)11-3-2-6(9)4-7(11)10-12/h2-4H,5H2,1H3. The van der Waals surface area contributed by atoms with E-state index in [9.17, 15) is 4.79 Å². The number of hydrogen-bond donors (Lipinski definition) is 0. The molecule has 0 aromatic carbocycles. The van der Waals surface area contributed by atoms with E-state index >= 15 is 0 Å². The summed E-state index contributed by atoms with van der Waals surface area (Å²) in [5, 5.41) is 4.10. The number of nitrogens with zero attached hydrogens (tertiary/aromatic N) is 3. The second kappa shape index (κ2) is 3.70. The molecule has 0 spiro atoms. The summed E-state index contributed by atoms with van der Waals surface area (Å²) in [6.45, 7) is 0.178. The van der Waals surface area contributed by atoms with E-state index in [4.69, 9.17) is 4.74 Å². The summed E-state index contributed by atoms with van der Waals surface area (Å²) in [6, 6.07) is 3.70. The first-order valence-corrected chi connectivity index (χ1v) is 5.04. The zero-order chi connectivity index (χ0) is 10.1. The van der Waals surface area contributed by atoms with Crippen LogP contribution in [0.25, 0.3) is 5.65 Å². The normalized spacial score (nSPS) is 11.0. The van der Waals surface area contributed by atoms with Crippen LogP contribution in [0.15, 0.2) is 23.1 Å². The molecule has 6 heteroatoms. The molecule has 0 amide bonds. The van der Waals surface area contributed by atoms with Crippen molar-refractivity contribution in [2.45, 2.75) is 6.73 Å². The molecule has 0 fully saturated rings. The number of ether oxygens (including phenoxy) is 1. The van der Waals surface area contributed by atoms with Gasteiger partial charge in [0.25, 0.3) is 0 Å². The third-order valence-electron chi connectivity index (χ3n) is 1.80. The van der Waals surface area contributed by atoms with E-state index in [-0.39, 0.29) is 12.4 Å². The summed E-state index contributed by atoms with van der Waals surface area (Å²) in [7, 11) is 1.53. The third kappa shape index (κ3) is 1.55. The molecule has 0 saturated heterocycles. The van der Waals surface area contributed by atoms with Gasteiger partial charge in [-0.05, 0) is 34.7 Å². The van der Waals surface area contributed by atoms with E-state index in [1.165, 1.54) is 16.2 Å². The Morgan fingerprint density at radius 3 is 3.14 bits per heavy atom. The van der Waals surface area contributed by atoms with Gasteiger partial charge < -0.3 is 4.74 Å². The first kappa shape index (κ1) is 9.66. The second-order valence-electron chi connectivity index (χ2n) is 2.77. The van der Waals surface area contributed by atoms with Crippen LogP contribution in [0, 0.1) is 3.57 Å². The van der Waals surface area contributed by atoms with E-state index < -0.39 is 0 Å². The molecule has 2 aromatic heterocycles. The van der Waals surface area contributed by atoms with Crippen LogP contribution in [0.5, 0.6) is 0 Å². The van der Waals surface area contributed by atoms with Gasteiger partial charge in [-0.1, -0.05) is 0 Å². The number of halogens is 1. The smallest absolute Gasteiger partial charge is 0.352 e. The maximum atomic E-state index is 11.6. The van der Waals surface area contributed by atoms with Crippen molar-refractivity contribution in [2.24, 2.45) is 0 Å². The van der Waals surface area contributed by atoms with Crippen LogP contribution in [-0.2, 0) is 11.5 Å². The van der Waals surface area contributed by atoms with E-state index in [1.807, 2.05) is 12.1 Å². The fourth-order valence-electron chi connectivity index (χ4n) is 1.20. The molecule has 74 valence electrons. The number of aromatic nitrogens is 3. The van der Waals surface area contributed by atoms with Gasteiger partial charge in [0.05, 0.1) is 0 Å². The number of hydrogen-bond acceptors (Lipinski definition) is 3. The predicted molar refractivity (Wildman–Crippen MR) is 59.2 cm³/mol. The van der Waals surface area contributed by atoms with E-state index in [0.29, 0.717) is 5.65 Å². The van der Waals surface area contributed by atoms with Gasteiger partial charge in [-0.15, -0.1) is 5.10 Å². The molecule has 0 unspecified atom stereocenters. The predicted octanol–water partition coefficient (Wildman–Crippen LogP) is 0.705. The highest BCUT2D eigenvalue weighted by atomic mass is 127. The summed E-state index contributed by atoms with van der Waals surface area (Å²) in [5.74, 6) is 0. The molecule has 0 aliphatic carbocycles. The minimum absolute atomic E-state index is 0.178. The molecule has 14 heavy (non-hydrogen) atoms. The van der Waals surface area contributed by atoms with Crippen LogP contribution >= 0.6 is 22.6 Å². The molecule has 2 aromatic rings. The van der Waals surface area contributed by atoms with Crippen LogP contribution in [0.2, 0.25) is 0 Å². The fourth-order valence-corrected chi connectivity index (χ4v) is 1.64. The molecule has 0 atom stereocenters. The molecule has 0 bridgehead atoms. The van der Waals surface area contributed by atoms with E-state index in [1.54, 1.807) is 6.20 Å². The van der Waals surface area contributed by atoms with Crippen molar-refractivity contribution in [3.63, 3.8) is 0 Å². The third-order valence-corrected chi connectivity index (χ3v) is 2.47. The van der Waals surface area contributed by atoms with Crippen LogP contribution < -0.4 is 5.69 Å². The summed E-state index contributed by atoms with van der Waals surface area (Å²) < 4.78 is 8.67. The van der Waals surface area contributed by atoms with Gasteiger partial charge in [0.1, 0.15) is 6.73 Å². The summed E-state index contributed by atoms with van der Waals surface area (Å²) in [5.41, 5.74) is 0.456. The molecule has 2 heterocycles. The lowest BCUT2D eigenvalue weighted by atomic mass is 10.5. The Labute approximate surface area is 93.4 Å². The molecule has 0 aliphatic heterocycles. The molecular weight excluding hydrogens is 297 g/mol. The van der Waals surface area contributed by atoms with E-state index in [2.05, 4.69) is 27.7 Å². The molecule has 0 aliphatic rings. The Morgan fingerprint density at radius 2 is 2.43 bits per heavy atom. The molecule has 2 rings (SSSR count). The Bertz CT molecular complexity index is 517. The quantitative estimate of drug-likeness (QED) is 0.768. The number of pyridine rings is 1. The SMILES string of the molecule is COCn1nc2cc(I)ccn2c1=O. The lowest BCUT2D eigenvalue weighted by Crippen LogP contribution is -2.21. The lowest BCUT2D eigenvalue weighted by Gasteiger charge is -1.92. The van der Waals surface area contributed by atoms with Crippen molar-refractivity contribution in [2.75, 3.05) is 7.11 Å². The van der Waals surface area contributed by atoms with Crippen LogP contribution in [0.1, 0.15) is 0 Å². The molecule has 5 nitrogen and oxygen atoms in total. The Kier molecular flexibility index (Phi) is 2.55. The summed E-state index contributed by atoms with van der Waals surface area (Å²) in [4.78, 5) is 11.6. The van der Waals surface area contributed by atoms with Gasteiger partial charge >= 0.3 is 5.69 Å². The van der Waals surface area contributed by atoms with Gasteiger partial charge in [0.2, 0.25) is 0 Å². The van der Waals surface area contributed by atoms with Gasteiger partial charge in [0.15, 0.2) is 5.65 Å². The zero-order valence-corrected chi connectivity index (χ0v) is 9.63. The maximum Gasteiger partial charge on any atom is 0.352 e. The topological polar surface area (TPSA) is 48.5 Å². The van der Waals surface area contributed by atoms with Crippen molar-refractivity contribution >= 4 is 28.2 Å². The largest absolute Gasteiger partial charge is 0.362 e. The van der Waals surface area contributed by atoms with Crippen molar-refractivity contribution in [3.8, 4) is 0 Å². The highest BCUT2D eigenvalue weighted by Crippen LogP contribution is 2.05. The Hall–Kier alpha value is -0.890. The zero-order valence-electron chi connectivity index (χ0n) is 7.48. The average Bonchev–Trinajstić information content (AvgIpc) is 2.44. The number of fused-ring (bicyclic) bond motifs is 1. The molecule has 0 N–H and O–H groups in total. The van der Waals surface area contributed by atoms with Crippen molar-refractivity contribution in [1.29, 1.82) is 0 Å². The molecule has 0 radical (unpaired) electrons. The Balaban J connectivity index is 2.67. The summed E-state index contributed by atoms with van der Waals surface area (Å²) in [6.07, 6.45) is 1.71. The Morgan fingerprint density at radius 1 is 1.64 bits per heavy atom. The lowest BCUT2D eigenvalue weighted by molar-refractivity contribution is 0.117. The van der Waals surface area contributed by atoms with E-state index in [0.717, 1.165) is 3.57 Å². The number of methoxy groups -OCH3 is 1.